The minimum Gasteiger partial charge on any atom is -0.365 e. The summed E-state index contributed by atoms with van der Waals surface area (Å²) in [6.07, 6.45) is 4.06. The Morgan fingerprint density at radius 1 is 1.47 bits per heavy atom. The molecule has 0 saturated carbocycles. The van der Waals surface area contributed by atoms with Crippen LogP contribution in [0.3, 0.4) is 0 Å². The summed E-state index contributed by atoms with van der Waals surface area (Å²) in [6, 6.07) is 3.04. The number of nitrogens with zero attached hydrogens (tertiary/aromatic N) is 2. The molecule has 0 amide bonds. The molecule has 3 heterocycles. The lowest BCUT2D eigenvalue weighted by Crippen LogP contribution is -2.46. The highest BCUT2D eigenvalue weighted by atomic mass is 32.1. The fraction of sp³-hybridized carbons (Fsp3) is 0.500. The van der Waals surface area contributed by atoms with Crippen molar-refractivity contribution in [2.24, 2.45) is 0 Å². The zero-order valence-corrected chi connectivity index (χ0v) is 10.6. The van der Waals surface area contributed by atoms with Crippen LogP contribution in [-0.4, -0.2) is 28.6 Å². The number of rotatable bonds is 2. The highest BCUT2D eigenvalue weighted by Gasteiger charge is 2.21. The SMILES string of the molecule is CC1NCCCC1Nc1ncnc2sccc12. The fourth-order valence-corrected chi connectivity index (χ4v) is 3.05. The largest absolute Gasteiger partial charge is 0.365 e. The van der Waals surface area contributed by atoms with Crippen LogP contribution in [-0.2, 0) is 0 Å². The summed E-state index contributed by atoms with van der Waals surface area (Å²) in [4.78, 5) is 9.68. The number of fused-ring (bicyclic) bond motifs is 1. The highest BCUT2D eigenvalue weighted by Crippen LogP contribution is 2.25. The van der Waals surface area contributed by atoms with Crippen molar-refractivity contribution in [3.05, 3.63) is 17.8 Å². The van der Waals surface area contributed by atoms with Crippen molar-refractivity contribution in [2.45, 2.75) is 31.8 Å². The Bertz CT molecular complexity index is 510. The monoisotopic (exact) mass is 248 g/mol. The third-order valence-electron chi connectivity index (χ3n) is 3.35. The summed E-state index contributed by atoms with van der Waals surface area (Å²) in [7, 11) is 0. The average molecular weight is 248 g/mol. The van der Waals surface area contributed by atoms with Crippen LogP contribution >= 0.6 is 11.3 Å². The molecule has 0 spiro atoms. The van der Waals surface area contributed by atoms with Crippen molar-refractivity contribution in [3.8, 4) is 0 Å². The first kappa shape index (κ1) is 10.9. The average Bonchev–Trinajstić information content (AvgIpc) is 2.81. The highest BCUT2D eigenvalue weighted by molar-refractivity contribution is 7.16. The Morgan fingerprint density at radius 2 is 2.41 bits per heavy atom. The molecule has 4 nitrogen and oxygen atoms in total. The number of hydrogen-bond acceptors (Lipinski definition) is 5. The lowest BCUT2D eigenvalue weighted by atomic mass is 10.00. The third kappa shape index (κ3) is 2.12. The van der Waals surface area contributed by atoms with Crippen molar-refractivity contribution in [1.82, 2.24) is 15.3 Å². The first-order valence-electron chi connectivity index (χ1n) is 6.03. The molecule has 3 rings (SSSR count). The lowest BCUT2D eigenvalue weighted by molar-refractivity contribution is 0.389. The molecule has 2 N–H and O–H groups in total. The van der Waals surface area contributed by atoms with Gasteiger partial charge in [0.05, 0.1) is 5.39 Å². The van der Waals surface area contributed by atoms with Crippen LogP contribution in [0.2, 0.25) is 0 Å². The zero-order chi connectivity index (χ0) is 11.7. The fourth-order valence-electron chi connectivity index (χ4n) is 2.32. The Hall–Kier alpha value is -1.20. The molecule has 0 aromatic carbocycles. The van der Waals surface area contributed by atoms with Gasteiger partial charge in [0.2, 0.25) is 0 Å². The number of nitrogens with one attached hydrogen (secondary N) is 2. The molecule has 0 aliphatic carbocycles. The van der Waals surface area contributed by atoms with E-state index in [0.29, 0.717) is 12.1 Å². The van der Waals surface area contributed by atoms with Crippen molar-refractivity contribution in [1.29, 1.82) is 0 Å². The Labute approximate surface area is 104 Å². The van der Waals surface area contributed by atoms with Gasteiger partial charge in [0, 0.05) is 12.1 Å². The maximum absolute atomic E-state index is 4.36. The van der Waals surface area contributed by atoms with Crippen LogP contribution < -0.4 is 10.6 Å². The predicted molar refractivity (Wildman–Crippen MR) is 71.5 cm³/mol. The predicted octanol–water partition coefficient (Wildman–Crippen LogP) is 2.24. The van der Waals surface area contributed by atoms with Gasteiger partial charge in [0.1, 0.15) is 17.0 Å². The minimum atomic E-state index is 0.460. The maximum Gasteiger partial charge on any atom is 0.138 e. The van der Waals surface area contributed by atoms with E-state index in [1.54, 1.807) is 17.7 Å². The first-order valence-corrected chi connectivity index (χ1v) is 6.90. The van der Waals surface area contributed by atoms with Crippen LogP contribution in [0.1, 0.15) is 19.8 Å². The van der Waals surface area contributed by atoms with Gasteiger partial charge < -0.3 is 10.6 Å². The molecule has 2 aromatic heterocycles. The van der Waals surface area contributed by atoms with Crippen molar-refractivity contribution < 1.29 is 0 Å². The van der Waals surface area contributed by atoms with Crippen molar-refractivity contribution >= 4 is 27.4 Å². The van der Waals surface area contributed by atoms with Crippen molar-refractivity contribution in [2.75, 3.05) is 11.9 Å². The quantitative estimate of drug-likeness (QED) is 0.856. The van der Waals surface area contributed by atoms with E-state index < -0.39 is 0 Å². The third-order valence-corrected chi connectivity index (χ3v) is 4.17. The zero-order valence-electron chi connectivity index (χ0n) is 9.81. The Morgan fingerprint density at radius 3 is 3.29 bits per heavy atom. The Kier molecular flexibility index (Phi) is 2.94. The molecule has 1 fully saturated rings. The van der Waals surface area contributed by atoms with E-state index >= 15 is 0 Å². The molecule has 17 heavy (non-hydrogen) atoms. The number of piperidine rings is 1. The lowest BCUT2D eigenvalue weighted by Gasteiger charge is -2.31. The topological polar surface area (TPSA) is 49.8 Å². The summed E-state index contributed by atoms with van der Waals surface area (Å²) < 4.78 is 0. The molecule has 0 bridgehead atoms. The second kappa shape index (κ2) is 4.58. The van der Waals surface area contributed by atoms with Gasteiger partial charge in [-0.1, -0.05) is 0 Å². The van der Waals surface area contributed by atoms with E-state index in [1.807, 2.05) is 0 Å². The van der Waals surface area contributed by atoms with E-state index in [2.05, 4.69) is 39.0 Å². The molecule has 2 unspecified atom stereocenters. The second-order valence-corrected chi connectivity index (χ2v) is 5.39. The van der Waals surface area contributed by atoms with E-state index in [-0.39, 0.29) is 0 Å². The number of anilines is 1. The molecule has 2 atom stereocenters. The van der Waals surface area contributed by atoms with Crippen molar-refractivity contribution in [3.63, 3.8) is 0 Å². The van der Waals surface area contributed by atoms with Crippen LogP contribution in [0.15, 0.2) is 17.8 Å². The standard InChI is InChI=1S/C12H16N4S/c1-8-10(3-2-5-13-8)16-11-9-4-6-17-12(9)15-7-14-11/h4,6-8,10,13H,2-3,5H2,1H3,(H,14,15,16). The normalized spacial score (nSPS) is 25.0. The number of aromatic nitrogens is 2. The summed E-state index contributed by atoms with van der Waals surface area (Å²) in [5.74, 6) is 0.969. The minimum absolute atomic E-state index is 0.460. The van der Waals surface area contributed by atoms with Gasteiger partial charge >= 0.3 is 0 Å². The van der Waals surface area contributed by atoms with Gasteiger partial charge in [-0.05, 0) is 37.8 Å². The van der Waals surface area contributed by atoms with Crippen LogP contribution in [0.4, 0.5) is 5.82 Å². The summed E-state index contributed by atoms with van der Waals surface area (Å²) >= 11 is 1.66. The molecule has 1 saturated heterocycles. The van der Waals surface area contributed by atoms with Gasteiger partial charge in [0.15, 0.2) is 0 Å². The summed E-state index contributed by atoms with van der Waals surface area (Å²) in [5, 5.41) is 10.2. The molecule has 2 aromatic rings. The van der Waals surface area contributed by atoms with Gasteiger partial charge in [-0.15, -0.1) is 11.3 Å². The summed E-state index contributed by atoms with van der Waals surface area (Å²) in [5.41, 5.74) is 0. The van der Waals surface area contributed by atoms with Gasteiger partial charge in [0.25, 0.3) is 0 Å². The molecule has 90 valence electrons. The van der Waals surface area contributed by atoms with Crippen LogP contribution in [0.25, 0.3) is 10.2 Å². The van der Waals surface area contributed by atoms with E-state index in [1.165, 1.54) is 12.8 Å². The molecular formula is C12H16N4S. The van der Waals surface area contributed by atoms with Gasteiger partial charge in [-0.2, -0.15) is 0 Å². The molecule has 5 heteroatoms. The Balaban J connectivity index is 1.86. The van der Waals surface area contributed by atoms with E-state index in [9.17, 15) is 0 Å². The smallest absolute Gasteiger partial charge is 0.138 e. The van der Waals surface area contributed by atoms with Gasteiger partial charge in [-0.3, -0.25) is 0 Å². The van der Waals surface area contributed by atoms with E-state index in [0.717, 1.165) is 22.6 Å². The number of thiophene rings is 1. The van der Waals surface area contributed by atoms with Gasteiger partial charge in [-0.25, -0.2) is 9.97 Å². The van der Waals surface area contributed by atoms with Crippen LogP contribution in [0.5, 0.6) is 0 Å². The number of hydrogen-bond donors (Lipinski definition) is 2. The maximum atomic E-state index is 4.36. The first-order chi connectivity index (χ1) is 8.34. The van der Waals surface area contributed by atoms with Crippen LogP contribution in [0, 0.1) is 0 Å². The molecular weight excluding hydrogens is 232 g/mol. The molecule has 1 aliphatic rings. The van der Waals surface area contributed by atoms with E-state index in [4.69, 9.17) is 0 Å². The molecule has 0 radical (unpaired) electrons. The summed E-state index contributed by atoms with van der Waals surface area (Å²) in [6.45, 7) is 3.35. The second-order valence-electron chi connectivity index (χ2n) is 4.50. The molecule has 1 aliphatic heterocycles.